The summed E-state index contributed by atoms with van der Waals surface area (Å²) in [4.78, 5) is 15.7. The molecule has 0 bridgehead atoms. The van der Waals surface area contributed by atoms with Gasteiger partial charge in [0.2, 0.25) is 0 Å². The van der Waals surface area contributed by atoms with Gasteiger partial charge in [-0.3, -0.25) is 10.3 Å². The van der Waals surface area contributed by atoms with Crippen LogP contribution in [-0.2, 0) is 0 Å². The molecule has 0 aromatic carbocycles. The first-order chi connectivity index (χ1) is 7.91. The Bertz CT molecular complexity index is 284. The number of nitrogens with two attached hydrogens (primary N) is 1. The zero-order chi connectivity index (χ0) is 13.0. The monoisotopic (exact) mass is 241 g/mol. The third kappa shape index (κ3) is 3.89. The van der Waals surface area contributed by atoms with Crippen LogP contribution in [0.3, 0.4) is 0 Å². The molecule has 6 heteroatoms. The molecule has 4 N–H and O–H groups in total. The molecule has 1 unspecified atom stereocenters. The Labute approximate surface area is 103 Å². The molecule has 0 spiro atoms. The number of hydrogen-bond acceptors (Lipinski definition) is 3. The lowest BCUT2D eigenvalue weighted by Crippen LogP contribution is -2.56. The molecular formula is C11H23N5O. The van der Waals surface area contributed by atoms with E-state index >= 15 is 0 Å². The molecule has 0 radical (unpaired) electrons. The third-order valence-corrected chi connectivity index (χ3v) is 3.01. The highest BCUT2D eigenvalue weighted by atomic mass is 16.2. The van der Waals surface area contributed by atoms with Crippen molar-refractivity contribution in [3.8, 4) is 0 Å². The fourth-order valence-electron chi connectivity index (χ4n) is 1.85. The molecule has 0 saturated carbocycles. The number of urea groups is 1. The zero-order valence-electron chi connectivity index (χ0n) is 10.9. The van der Waals surface area contributed by atoms with Crippen molar-refractivity contribution < 1.29 is 4.79 Å². The Hall–Kier alpha value is -1.30. The fraction of sp³-hybridized carbons (Fsp3) is 0.818. The Morgan fingerprint density at radius 2 is 1.76 bits per heavy atom. The SMILES string of the molecule is CC(C)NC(=O)N1CCN(C(C)C(=N)N)CC1. The number of nitrogens with one attached hydrogen (secondary N) is 2. The maximum absolute atomic E-state index is 11.7. The van der Waals surface area contributed by atoms with Gasteiger partial charge in [0, 0.05) is 32.2 Å². The highest BCUT2D eigenvalue weighted by Gasteiger charge is 2.25. The summed E-state index contributed by atoms with van der Waals surface area (Å²) < 4.78 is 0. The molecule has 1 saturated heterocycles. The normalized spacial score (nSPS) is 19.2. The minimum Gasteiger partial charge on any atom is -0.386 e. The number of piperazine rings is 1. The average molecular weight is 241 g/mol. The summed E-state index contributed by atoms with van der Waals surface area (Å²) in [6, 6.07) is 0.122. The van der Waals surface area contributed by atoms with Gasteiger partial charge in [0.1, 0.15) is 5.84 Å². The van der Waals surface area contributed by atoms with Crippen LogP contribution in [0.4, 0.5) is 4.79 Å². The van der Waals surface area contributed by atoms with Gasteiger partial charge in [-0.05, 0) is 20.8 Å². The molecule has 1 fully saturated rings. The summed E-state index contributed by atoms with van der Waals surface area (Å²) in [5.74, 6) is 0.185. The highest BCUT2D eigenvalue weighted by Crippen LogP contribution is 2.06. The second-order valence-corrected chi connectivity index (χ2v) is 4.76. The van der Waals surface area contributed by atoms with Gasteiger partial charge in [-0.25, -0.2) is 4.79 Å². The van der Waals surface area contributed by atoms with Gasteiger partial charge < -0.3 is 16.0 Å². The van der Waals surface area contributed by atoms with Crippen LogP contribution in [0.15, 0.2) is 0 Å². The molecule has 17 heavy (non-hydrogen) atoms. The van der Waals surface area contributed by atoms with Crippen LogP contribution in [0.25, 0.3) is 0 Å². The Morgan fingerprint density at radius 1 is 1.24 bits per heavy atom. The first-order valence-electron chi connectivity index (χ1n) is 6.05. The summed E-state index contributed by atoms with van der Waals surface area (Å²) in [5.41, 5.74) is 5.48. The molecule has 98 valence electrons. The van der Waals surface area contributed by atoms with Crippen molar-refractivity contribution in [2.24, 2.45) is 5.73 Å². The van der Waals surface area contributed by atoms with Gasteiger partial charge >= 0.3 is 6.03 Å². The van der Waals surface area contributed by atoms with Gasteiger partial charge in [0.05, 0.1) is 6.04 Å². The van der Waals surface area contributed by atoms with E-state index < -0.39 is 0 Å². The fourth-order valence-corrected chi connectivity index (χ4v) is 1.85. The smallest absolute Gasteiger partial charge is 0.317 e. The van der Waals surface area contributed by atoms with Crippen LogP contribution >= 0.6 is 0 Å². The Morgan fingerprint density at radius 3 is 2.18 bits per heavy atom. The lowest BCUT2D eigenvalue weighted by Gasteiger charge is -2.37. The van der Waals surface area contributed by atoms with E-state index in [4.69, 9.17) is 11.1 Å². The van der Waals surface area contributed by atoms with Crippen LogP contribution in [0.5, 0.6) is 0 Å². The number of amides is 2. The topological polar surface area (TPSA) is 85.5 Å². The van der Waals surface area contributed by atoms with E-state index in [1.165, 1.54) is 0 Å². The van der Waals surface area contributed by atoms with Crippen LogP contribution in [0, 0.1) is 5.41 Å². The van der Waals surface area contributed by atoms with Crippen molar-refractivity contribution in [1.82, 2.24) is 15.1 Å². The molecule has 6 nitrogen and oxygen atoms in total. The van der Waals surface area contributed by atoms with Gasteiger partial charge in [0.15, 0.2) is 0 Å². The largest absolute Gasteiger partial charge is 0.386 e. The number of rotatable bonds is 3. The number of carbonyl (C=O) groups excluding carboxylic acids is 1. The lowest BCUT2D eigenvalue weighted by atomic mass is 10.2. The quantitative estimate of drug-likeness (QED) is 0.482. The van der Waals surface area contributed by atoms with E-state index in [9.17, 15) is 4.79 Å². The summed E-state index contributed by atoms with van der Waals surface area (Å²) in [6.45, 7) is 8.75. The van der Waals surface area contributed by atoms with E-state index in [1.807, 2.05) is 25.7 Å². The first-order valence-corrected chi connectivity index (χ1v) is 6.05. The maximum atomic E-state index is 11.7. The predicted octanol–water partition coefficient (Wildman–Crippen LogP) is 0.0465. The second-order valence-electron chi connectivity index (χ2n) is 4.76. The number of amidine groups is 1. The Kier molecular flexibility index (Phi) is 4.74. The van der Waals surface area contributed by atoms with Crippen molar-refractivity contribution in [3.63, 3.8) is 0 Å². The molecule has 1 aliphatic rings. The van der Waals surface area contributed by atoms with Crippen molar-refractivity contribution in [1.29, 1.82) is 5.41 Å². The number of hydrogen-bond donors (Lipinski definition) is 3. The molecule has 0 aromatic rings. The average Bonchev–Trinajstić information content (AvgIpc) is 2.27. The molecule has 0 aromatic heterocycles. The number of carbonyl (C=O) groups is 1. The van der Waals surface area contributed by atoms with Crippen molar-refractivity contribution in [2.75, 3.05) is 26.2 Å². The summed E-state index contributed by atoms with van der Waals surface area (Å²) in [7, 11) is 0. The van der Waals surface area contributed by atoms with Gasteiger partial charge in [0.25, 0.3) is 0 Å². The zero-order valence-corrected chi connectivity index (χ0v) is 10.9. The van der Waals surface area contributed by atoms with E-state index in [2.05, 4.69) is 10.2 Å². The Balaban J connectivity index is 2.40. The first kappa shape index (κ1) is 13.8. The highest BCUT2D eigenvalue weighted by molar-refractivity contribution is 5.82. The number of nitrogens with zero attached hydrogens (tertiary/aromatic N) is 2. The van der Waals surface area contributed by atoms with Gasteiger partial charge in [-0.15, -0.1) is 0 Å². The summed E-state index contributed by atoms with van der Waals surface area (Å²) in [6.07, 6.45) is 0. The molecule has 1 atom stereocenters. The van der Waals surface area contributed by atoms with Crippen LogP contribution in [-0.4, -0.2) is 59.9 Å². The molecule has 1 aliphatic heterocycles. The van der Waals surface area contributed by atoms with Crippen molar-refractivity contribution >= 4 is 11.9 Å². The van der Waals surface area contributed by atoms with Crippen molar-refractivity contribution in [2.45, 2.75) is 32.9 Å². The molecule has 1 rings (SSSR count). The van der Waals surface area contributed by atoms with E-state index in [1.54, 1.807) is 0 Å². The summed E-state index contributed by atoms with van der Waals surface area (Å²) >= 11 is 0. The van der Waals surface area contributed by atoms with Gasteiger partial charge in [-0.1, -0.05) is 0 Å². The van der Waals surface area contributed by atoms with E-state index in [-0.39, 0.29) is 24.0 Å². The second kappa shape index (κ2) is 5.86. The van der Waals surface area contributed by atoms with Crippen LogP contribution in [0.1, 0.15) is 20.8 Å². The van der Waals surface area contributed by atoms with Crippen LogP contribution in [0.2, 0.25) is 0 Å². The predicted molar refractivity (Wildman–Crippen MR) is 68.2 cm³/mol. The standard InChI is InChI=1S/C11H23N5O/c1-8(2)14-11(17)16-6-4-15(5-7-16)9(3)10(12)13/h8-9H,4-7H2,1-3H3,(H3,12,13)(H,14,17). The van der Waals surface area contributed by atoms with Gasteiger partial charge in [-0.2, -0.15) is 0 Å². The minimum atomic E-state index is -0.0368. The molecule has 2 amide bonds. The molecular weight excluding hydrogens is 218 g/mol. The summed E-state index contributed by atoms with van der Waals surface area (Å²) in [5, 5.41) is 10.3. The lowest BCUT2D eigenvalue weighted by molar-refractivity contribution is 0.130. The van der Waals surface area contributed by atoms with Crippen LogP contribution < -0.4 is 11.1 Å². The molecule has 0 aliphatic carbocycles. The molecule has 1 heterocycles. The third-order valence-electron chi connectivity index (χ3n) is 3.01. The van der Waals surface area contributed by atoms with Crippen molar-refractivity contribution in [3.05, 3.63) is 0 Å². The maximum Gasteiger partial charge on any atom is 0.317 e. The minimum absolute atomic E-state index is 0.00451. The van der Waals surface area contributed by atoms with E-state index in [0.29, 0.717) is 13.1 Å². The van der Waals surface area contributed by atoms with E-state index in [0.717, 1.165) is 13.1 Å².